The van der Waals surface area contributed by atoms with Gasteiger partial charge in [-0.05, 0) is 36.8 Å². The molecular weight excluding hydrogens is 238 g/mol. The molecule has 4 heteroatoms. The van der Waals surface area contributed by atoms with Crippen molar-refractivity contribution in [2.75, 3.05) is 22.5 Å². The van der Waals surface area contributed by atoms with Crippen LogP contribution in [-0.2, 0) is 4.79 Å². The molecule has 96 valence electrons. The zero-order chi connectivity index (χ0) is 13.4. The molecule has 0 saturated carbocycles. The molecule has 0 bridgehead atoms. The predicted molar refractivity (Wildman–Crippen MR) is 77.7 cm³/mol. The lowest BCUT2D eigenvalue weighted by Crippen LogP contribution is -2.35. The van der Waals surface area contributed by atoms with Crippen LogP contribution in [0.3, 0.4) is 0 Å². The lowest BCUT2D eigenvalue weighted by atomic mass is 10.1. The predicted octanol–water partition coefficient (Wildman–Crippen LogP) is 2.67. The minimum absolute atomic E-state index is 0.0281. The third-order valence-electron chi connectivity index (χ3n) is 3.25. The molecule has 0 radical (unpaired) electrons. The highest BCUT2D eigenvalue weighted by Crippen LogP contribution is 2.37. The van der Waals surface area contributed by atoms with Gasteiger partial charge in [0.15, 0.2) is 0 Å². The van der Waals surface area contributed by atoms with Crippen molar-refractivity contribution in [2.45, 2.75) is 6.92 Å². The summed E-state index contributed by atoms with van der Waals surface area (Å²) in [5, 5.41) is 2.87. The Bertz CT molecular complexity index is 652. The number of anilines is 4. The highest BCUT2D eigenvalue weighted by Gasteiger charge is 2.23. The summed E-state index contributed by atoms with van der Waals surface area (Å²) < 4.78 is 0. The van der Waals surface area contributed by atoms with Gasteiger partial charge in [-0.25, -0.2) is 0 Å². The summed E-state index contributed by atoms with van der Waals surface area (Å²) in [5.41, 5.74) is 10.5. The molecule has 2 aromatic rings. The molecule has 1 aliphatic rings. The van der Waals surface area contributed by atoms with Gasteiger partial charge in [0.2, 0.25) is 5.91 Å². The summed E-state index contributed by atoms with van der Waals surface area (Å²) in [7, 11) is 0. The minimum atomic E-state index is -0.0281. The molecule has 3 N–H and O–H groups in total. The van der Waals surface area contributed by atoms with E-state index in [-0.39, 0.29) is 12.5 Å². The molecule has 3 rings (SSSR count). The number of nitrogens with two attached hydrogens (primary N) is 1. The Morgan fingerprint density at radius 3 is 2.79 bits per heavy atom. The highest BCUT2D eigenvalue weighted by atomic mass is 16.2. The third kappa shape index (κ3) is 2.01. The van der Waals surface area contributed by atoms with E-state index in [1.807, 2.05) is 54.3 Å². The normalized spacial score (nSPS) is 13.9. The van der Waals surface area contributed by atoms with Crippen LogP contribution in [0.2, 0.25) is 0 Å². The van der Waals surface area contributed by atoms with Gasteiger partial charge in [0.25, 0.3) is 0 Å². The van der Waals surface area contributed by atoms with Gasteiger partial charge < -0.3 is 16.0 Å². The van der Waals surface area contributed by atoms with Gasteiger partial charge in [-0.1, -0.05) is 18.2 Å². The van der Waals surface area contributed by atoms with Gasteiger partial charge >= 0.3 is 0 Å². The molecule has 0 saturated heterocycles. The summed E-state index contributed by atoms with van der Waals surface area (Å²) in [6.45, 7) is 2.30. The fraction of sp³-hybridized carbons (Fsp3) is 0.133. The zero-order valence-corrected chi connectivity index (χ0v) is 10.7. The van der Waals surface area contributed by atoms with E-state index in [0.717, 1.165) is 22.6 Å². The number of hydrogen-bond donors (Lipinski definition) is 2. The minimum Gasteiger partial charge on any atom is -0.397 e. The standard InChI is InChI=1S/C15H15N3O/c1-10-6-7-11(16)14(8-10)18-9-15(19)17-12-4-2-3-5-13(12)18/h2-8H,9,16H2,1H3,(H,17,19). The van der Waals surface area contributed by atoms with Crippen molar-refractivity contribution in [3.63, 3.8) is 0 Å². The van der Waals surface area contributed by atoms with E-state index in [1.165, 1.54) is 0 Å². The number of nitrogens with zero attached hydrogens (tertiary/aromatic N) is 1. The number of benzene rings is 2. The van der Waals surface area contributed by atoms with Crippen LogP contribution in [0, 0.1) is 6.92 Å². The first-order valence-corrected chi connectivity index (χ1v) is 6.18. The van der Waals surface area contributed by atoms with Crippen molar-refractivity contribution >= 4 is 28.7 Å². The van der Waals surface area contributed by atoms with Crippen LogP contribution in [-0.4, -0.2) is 12.5 Å². The second kappa shape index (κ2) is 4.31. The first-order chi connectivity index (χ1) is 9.15. The Morgan fingerprint density at radius 1 is 1.16 bits per heavy atom. The quantitative estimate of drug-likeness (QED) is 0.768. The van der Waals surface area contributed by atoms with Crippen LogP contribution in [0.25, 0.3) is 0 Å². The Morgan fingerprint density at radius 2 is 1.95 bits per heavy atom. The van der Waals surface area contributed by atoms with Gasteiger partial charge in [0.05, 0.1) is 22.7 Å². The topological polar surface area (TPSA) is 58.4 Å². The second-order valence-corrected chi connectivity index (χ2v) is 4.71. The number of carbonyl (C=O) groups is 1. The van der Waals surface area contributed by atoms with E-state index in [0.29, 0.717) is 5.69 Å². The van der Waals surface area contributed by atoms with Crippen LogP contribution >= 0.6 is 0 Å². The lowest BCUT2D eigenvalue weighted by Gasteiger charge is -2.31. The Hall–Kier alpha value is -2.49. The number of fused-ring (bicyclic) bond motifs is 1. The van der Waals surface area contributed by atoms with Gasteiger partial charge in [0, 0.05) is 0 Å². The zero-order valence-electron chi connectivity index (χ0n) is 10.7. The number of aryl methyl sites for hydroxylation is 1. The monoisotopic (exact) mass is 253 g/mol. The molecule has 1 heterocycles. The Balaban J connectivity index is 2.15. The maximum Gasteiger partial charge on any atom is 0.244 e. The molecule has 0 fully saturated rings. The third-order valence-corrected chi connectivity index (χ3v) is 3.25. The molecular formula is C15H15N3O. The first-order valence-electron chi connectivity index (χ1n) is 6.18. The average molecular weight is 253 g/mol. The molecule has 2 aromatic carbocycles. The van der Waals surface area contributed by atoms with E-state index < -0.39 is 0 Å². The SMILES string of the molecule is Cc1ccc(N)c(N2CC(=O)Nc3ccccc32)c1. The molecule has 0 unspecified atom stereocenters. The van der Waals surface area contributed by atoms with Gasteiger partial charge in [-0.2, -0.15) is 0 Å². The van der Waals surface area contributed by atoms with E-state index >= 15 is 0 Å². The van der Waals surface area contributed by atoms with Crippen LogP contribution in [0.1, 0.15) is 5.56 Å². The molecule has 4 nitrogen and oxygen atoms in total. The molecule has 19 heavy (non-hydrogen) atoms. The number of hydrogen-bond acceptors (Lipinski definition) is 3. The van der Waals surface area contributed by atoms with Gasteiger partial charge in [-0.3, -0.25) is 4.79 Å². The number of nitrogen functional groups attached to an aromatic ring is 1. The van der Waals surface area contributed by atoms with E-state index in [9.17, 15) is 4.79 Å². The highest BCUT2D eigenvalue weighted by molar-refractivity contribution is 6.04. The maximum absolute atomic E-state index is 11.8. The van der Waals surface area contributed by atoms with Crippen molar-refractivity contribution < 1.29 is 4.79 Å². The molecule has 0 aromatic heterocycles. The second-order valence-electron chi connectivity index (χ2n) is 4.71. The van der Waals surface area contributed by atoms with E-state index in [4.69, 9.17) is 5.73 Å². The molecule has 1 amide bonds. The first kappa shape index (κ1) is 11.6. The van der Waals surface area contributed by atoms with Crippen molar-refractivity contribution in [2.24, 2.45) is 0 Å². The average Bonchev–Trinajstić information content (AvgIpc) is 2.40. The smallest absolute Gasteiger partial charge is 0.244 e. The van der Waals surface area contributed by atoms with E-state index in [2.05, 4.69) is 5.32 Å². The summed E-state index contributed by atoms with van der Waals surface area (Å²) in [5.74, 6) is -0.0281. The number of nitrogens with one attached hydrogen (secondary N) is 1. The Kier molecular flexibility index (Phi) is 2.63. The maximum atomic E-state index is 11.8. The summed E-state index contributed by atoms with van der Waals surface area (Å²) in [6, 6.07) is 13.6. The largest absolute Gasteiger partial charge is 0.397 e. The van der Waals surface area contributed by atoms with Crippen LogP contribution in [0.15, 0.2) is 42.5 Å². The lowest BCUT2D eigenvalue weighted by molar-refractivity contribution is -0.115. The fourth-order valence-corrected chi connectivity index (χ4v) is 2.34. The number of carbonyl (C=O) groups excluding carboxylic acids is 1. The van der Waals surface area contributed by atoms with Crippen molar-refractivity contribution in [1.29, 1.82) is 0 Å². The van der Waals surface area contributed by atoms with E-state index in [1.54, 1.807) is 0 Å². The van der Waals surface area contributed by atoms with Crippen LogP contribution < -0.4 is 16.0 Å². The number of rotatable bonds is 1. The summed E-state index contributed by atoms with van der Waals surface area (Å²) >= 11 is 0. The fourth-order valence-electron chi connectivity index (χ4n) is 2.34. The van der Waals surface area contributed by atoms with Gasteiger partial charge in [-0.15, -0.1) is 0 Å². The van der Waals surface area contributed by atoms with Crippen molar-refractivity contribution in [3.8, 4) is 0 Å². The molecule has 0 spiro atoms. The van der Waals surface area contributed by atoms with Gasteiger partial charge in [0.1, 0.15) is 6.54 Å². The number of amides is 1. The Labute approximate surface area is 111 Å². The van der Waals surface area contributed by atoms with Crippen molar-refractivity contribution in [1.82, 2.24) is 0 Å². The van der Waals surface area contributed by atoms with Crippen LogP contribution in [0.5, 0.6) is 0 Å². The molecule has 0 atom stereocenters. The summed E-state index contributed by atoms with van der Waals surface area (Å²) in [6.07, 6.45) is 0. The molecule has 0 aliphatic carbocycles. The molecule has 1 aliphatic heterocycles. The van der Waals surface area contributed by atoms with Crippen molar-refractivity contribution in [3.05, 3.63) is 48.0 Å². The summed E-state index contributed by atoms with van der Waals surface area (Å²) in [4.78, 5) is 13.8. The van der Waals surface area contributed by atoms with Crippen LogP contribution in [0.4, 0.5) is 22.7 Å². The number of para-hydroxylation sites is 2.